The van der Waals surface area contributed by atoms with Crippen LogP contribution in [-0.4, -0.2) is 38.5 Å². The van der Waals surface area contributed by atoms with Crippen LogP contribution in [0.25, 0.3) is 0 Å². The van der Waals surface area contributed by atoms with Gasteiger partial charge in [-0.15, -0.1) is 0 Å². The molecule has 100 valence electrons. The van der Waals surface area contributed by atoms with Crippen molar-refractivity contribution in [2.75, 3.05) is 25.4 Å². The summed E-state index contributed by atoms with van der Waals surface area (Å²) < 4.78 is 31.8. The average molecular weight is 270 g/mol. The van der Waals surface area contributed by atoms with Crippen molar-refractivity contribution in [2.45, 2.75) is 24.3 Å². The molecule has 0 saturated carbocycles. The van der Waals surface area contributed by atoms with E-state index in [0.717, 1.165) is 6.42 Å². The van der Waals surface area contributed by atoms with Gasteiger partial charge in [0.25, 0.3) is 0 Å². The van der Waals surface area contributed by atoms with E-state index in [4.69, 9.17) is 10.5 Å². The molecular weight excluding hydrogens is 252 g/mol. The Morgan fingerprint density at radius 1 is 1.33 bits per heavy atom. The second-order valence-corrected chi connectivity index (χ2v) is 6.40. The van der Waals surface area contributed by atoms with E-state index in [1.165, 1.54) is 4.31 Å². The van der Waals surface area contributed by atoms with Crippen LogP contribution in [-0.2, 0) is 14.8 Å². The zero-order valence-corrected chi connectivity index (χ0v) is 11.2. The van der Waals surface area contributed by atoms with E-state index in [9.17, 15) is 8.42 Å². The summed E-state index contributed by atoms with van der Waals surface area (Å²) in [4.78, 5) is 0.283. The molecule has 1 aromatic carbocycles. The van der Waals surface area contributed by atoms with E-state index >= 15 is 0 Å². The maximum Gasteiger partial charge on any atom is 0.243 e. The van der Waals surface area contributed by atoms with E-state index in [1.807, 2.05) is 6.92 Å². The van der Waals surface area contributed by atoms with Crippen molar-refractivity contribution in [1.29, 1.82) is 0 Å². The summed E-state index contributed by atoms with van der Waals surface area (Å²) >= 11 is 0. The first kappa shape index (κ1) is 13.3. The van der Waals surface area contributed by atoms with Gasteiger partial charge in [-0.05, 0) is 37.6 Å². The predicted molar refractivity (Wildman–Crippen MR) is 69.6 cm³/mol. The lowest BCUT2D eigenvalue weighted by Crippen LogP contribution is -2.35. The molecule has 0 radical (unpaired) electrons. The van der Waals surface area contributed by atoms with Crippen molar-refractivity contribution >= 4 is 15.7 Å². The number of anilines is 1. The number of nitrogen functional groups attached to an aromatic ring is 1. The van der Waals surface area contributed by atoms with Gasteiger partial charge in [0.1, 0.15) is 0 Å². The third kappa shape index (κ3) is 2.82. The Morgan fingerprint density at radius 2 is 2.00 bits per heavy atom. The smallest absolute Gasteiger partial charge is 0.243 e. The molecular formula is C12H18N2O3S. The van der Waals surface area contributed by atoms with Crippen molar-refractivity contribution in [2.24, 2.45) is 0 Å². The fourth-order valence-electron chi connectivity index (χ4n) is 1.96. The highest BCUT2D eigenvalue weighted by Gasteiger charge is 2.27. The van der Waals surface area contributed by atoms with Crippen molar-refractivity contribution in [3.8, 4) is 0 Å². The van der Waals surface area contributed by atoms with Crippen LogP contribution < -0.4 is 5.73 Å². The molecule has 1 atom stereocenters. The maximum absolute atomic E-state index is 12.4. The zero-order valence-electron chi connectivity index (χ0n) is 10.4. The second-order valence-electron chi connectivity index (χ2n) is 4.47. The van der Waals surface area contributed by atoms with E-state index in [2.05, 4.69) is 0 Å². The number of ether oxygens (including phenoxy) is 1. The fourth-order valence-corrected chi connectivity index (χ4v) is 3.52. The van der Waals surface area contributed by atoms with Crippen LogP contribution in [0.2, 0.25) is 0 Å². The molecule has 1 aromatic rings. The minimum Gasteiger partial charge on any atom is -0.399 e. The van der Waals surface area contributed by atoms with Gasteiger partial charge in [0.15, 0.2) is 0 Å². The molecule has 18 heavy (non-hydrogen) atoms. The van der Waals surface area contributed by atoms with Crippen LogP contribution in [0.4, 0.5) is 5.69 Å². The number of sulfonamides is 1. The second kappa shape index (κ2) is 5.26. The number of nitrogens with two attached hydrogens (primary N) is 1. The molecule has 0 spiro atoms. The Labute approximate surface area is 108 Å². The minimum absolute atomic E-state index is 0.0731. The topological polar surface area (TPSA) is 72.6 Å². The maximum atomic E-state index is 12.4. The number of hydrogen-bond donors (Lipinski definition) is 1. The third-order valence-corrected chi connectivity index (χ3v) is 4.81. The summed E-state index contributed by atoms with van der Waals surface area (Å²) in [6.45, 7) is 3.38. The molecule has 1 aliphatic heterocycles. The van der Waals surface area contributed by atoms with Crippen molar-refractivity contribution in [1.82, 2.24) is 4.31 Å². The summed E-state index contributed by atoms with van der Waals surface area (Å²) in [6.07, 6.45) is 0.648. The molecule has 0 aliphatic carbocycles. The summed E-state index contributed by atoms with van der Waals surface area (Å²) in [7, 11) is -3.44. The largest absolute Gasteiger partial charge is 0.399 e. The van der Waals surface area contributed by atoms with Gasteiger partial charge in [-0.2, -0.15) is 4.31 Å². The molecule has 0 amide bonds. The molecule has 0 bridgehead atoms. The molecule has 1 heterocycles. The summed E-state index contributed by atoms with van der Waals surface area (Å²) in [5.41, 5.74) is 6.12. The molecule has 1 unspecified atom stereocenters. The normalized spacial score (nSPS) is 22.6. The Morgan fingerprint density at radius 3 is 2.67 bits per heavy atom. The SMILES string of the molecule is CC1CN(S(=O)(=O)c2ccc(N)cc2)CCCO1. The fraction of sp³-hybridized carbons (Fsp3) is 0.500. The Kier molecular flexibility index (Phi) is 3.89. The van der Waals surface area contributed by atoms with Gasteiger partial charge in [-0.3, -0.25) is 0 Å². The number of hydrogen-bond acceptors (Lipinski definition) is 4. The van der Waals surface area contributed by atoms with Crippen molar-refractivity contribution < 1.29 is 13.2 Å². The summed E-state index contributed by atoms with van der Waals surface area (Å²) in [5.74, 6) is 0. The van der Waals surface area contributed by atoms with E-state index in [0.29, 0.717) is 25.4 Å². The molecule has 6 heteroatoms. The van der Waals surface area contributed by atoms with Gasteiger partial charge in [-0.25, -0.2) is 8.42 Å². The molecule has 1 saturated heterocycles. The lowest BCUT2D eigenvalue weighted by atomic mass is 10.3. The van der Waals surface area contributed by atoms with E-state index < -0.39 is 10.0 Å². The van der Waals surface area contributed by atoms with Gasteiger partial charge in [0, 0.05) is 25.4 Å². The van der Waals surface area contributed by atoms with E-state index in [-0.39, 0.29) is 11.0 Å². The van der Waals surface area contributed by atoms with Crippen molar-refractivity contribution in [3.63, 3.8) is 0 Å². The first-order valence-corrected chi connectivity index (χ1v) is 7.41. The lowest BCUT2D eigenvalue weighted by molar-refractivity contribution is 0.0752. The third-order valence-electron chi connectivity index (χ3n) is 2.93. The highest BCUT2D eigenvalue weighted by Crippen LogP contribution is 2.19. The molecule has 1 aliphatic rings. The summed E-state index contributed by atoms with van der Waals surface area (Å²) in [5, 5.41) is 0. The zero-order chi connectivity index (χ0) is 13.2. The van der Waals surface area contributed by atoms with Crippen LogP contribution in [0.5, 0.6) is 0 Å². The van der Waals surface area contributed by atoms with Crippen LogP contribution in [0, 0.1) is 0 Å². The monoisotopic (exact) mass is 270 g/mol. The first-order chi connectivity index (χ1) is 8.50. The summed E-state index contributed by atoms with van der Waals surface area (Å²) in [6, 6.07) is 6.29. The molecule has 1 fully saturated rings. The van der Waals surface area contributed by atoms with Crippen molar-refractivity contribution in [3.05, 3.63) is 24.3 Å². The average Bonchev–Trinajstić information content (AvgIpc) is 2.55. The Balaban J connectivity index is 2.26. The Hall–Kier alpha value is -1.11. The van der Waals surface area contributed by atoms with Gasteiger partial charge < -0.3 is 10.5 Å². The van der Waals surface area contributed by atoms with Gasteiger partial charge in [0.05, 0.1) is 11.0 Å². The van der Waals surface area contributed by atoms with Crippen LogP contribution in [0.3, 0.4) is 0 Å². The lowest BCUT2D eigenvalue weighted by Gasteiger charge is -2.21. The van der Waals surface area contributed by atoms with E-state index in [1.54, 1.807) is 24.3 Å². The van der Waals surface area contributed by atoms with Gasteiger partial charge in [-0.1, -0.05) is 0 Å². The standard InChI is InChI=1S/C12H18N2O3S/c1-10-9-14(7-2-8-17-10)18(15,16)12-5-3-11(13)4-6-12/h3-6,10H,2,7-9,13H2,1H3. The van der Waals surface area contributed by atoms with Gasteiger partial charge in [0.2, 0.25) is 10.0 Å². The van der Waals surface area contributed by atoms with Crippen LogP contribution in [0.15, 0.2) is 29.2 Å². The molecule has 2 N–H and O–H groups in total. The molecule has 5 nitrogen and oxygen atoms in total. The molecule has 0 aromatic heterocycles. The number of nitrogens with zero attached hydrogens (tertiary/aromatic N) is 1. The van der Waals surface area contributed by atoms with Gasteiger partial charge >= 0.3 is 0 Å². The Bertz CT molecular complexity index is 499. The van der Waals surface area contributed by atoms with Crippen LogP contribution in [0.1, 0.15) is 13.3 Å². The first-order valence-electron chi connectivity index (χ1n) is 5.97. The number of benzene rings is 1. The quantitative estimate of drug-likeness (QED) is 0.816. The van der Waals surface area contributed by atoms with Crippen LogP contribution >= 0.6 is 0 Å². The number of rotatable bonds is 2. The minimum atomic E-state index is -3.44. The predicted octanol–water partition coefficient (Wildman–Crippen LogP) is 1.07. The molecule has 2 rings (SSSR count). The highest BCUT2D eigenvalue weighted by molar-refractivity contribution is 7.89. The highest BCUT2D eigenvalue weighted by atomic mass is 32.2.